The Kier molecular flexibility index (Phi) is 3.64. The van der Waals surface area contributed by atoms with Crippen LogP contribution in [0.5, 0.6) is 0 Å². The lowest BCUT2D eigenvalue weighted by Crippen LogP contribution is -2.62. The Bertz CT molecular complexity index is 715. The van der Waals surface area contributed by atoms with E-state index in [0.717, 1.165) is 11.4 Å². The summed E-state index contributed by atoms with van der Waals surface area (Å²) in [6, 6.07) is 20.1. The first-order valence-electron chi connectivity index (χ1n) is 9.33. The zero-order valence-electron chi connectivity index (χ0n) is 16.9. The Hall–Kier alpha value is -1.91. The van der Waals surface area contributed by atoms with E-state index in [1.54, 1.807) is 7.05 Å². The summed E-state index contributed by atoms with van der Waals surface area (Å²) in [4.78, 5) is 7.99. The molecule has 0 aromatic heterocycles. The molecule has 2 aromatic carbocycles. The van der Waals surface area contributed by atoms with Crippen LogP contribution in [0.1, 0.15) is 4.11 Å². The summed E-state index contributed by atoms with van der Waals surface area (Å²) < 4.78 is 23.9. The molecule has 0 radical (unpaired) electrons. The van der Waals surface area contributed by atoms with Gasteiger partial charge in [-0.25, -0.2) is 0 Å². The Morgan fingerprint density at radius 2 is 1.22 bits per heavy atom. The zero-order chi connectivity index (χ0) is 18.9. The van der Waals surface area contributed by atoms with E-state index in [9.17, 15) is 0 Å². The second-order valence-corrected chi connectivity index (χ2v) is 6.15. The molecule has 0 unspecified atom stereocenters. The van der Waals surface area contributed by atoms with Crippen LogP contribution in [0.3, 0.4) is 0 Å². The molecule has 118 valence electrons. The van der Waals surface area contributed by atoms with Gasteiger partial charge in [0.1, 0.15) is 0 Å². The van der Waals surface area contributed by atoms with Gasteiger partial charge in [-0.2, -0.15) is 0 Å². The van der Waals surface area contributed by atoms with Gasteiger partial charge in [0.15, 0.2) is 0 Å². The number of hydrogen-bond donors (Lipinski definition) is 0. The maximum absolute atomic E-state index is 7.95. The standard InChI is InChI=1S/C17H24B2N4/c1-20(2)18-19(21(3)4)23(17-13-9-6-10-14-17)15-22(18)16-11-7-5-8-12-16/h5-14H,15H2,1-4H3/i1D3. The molecule has 2 aromatic rings. The smallest absolute Gasteiger partial charge is 0.353 e. The van der Waals surface area contributed by atoms with E-state index >= 15 is 0 Å². The van der Waals surface area contributed by atoms with Crippen LogP contribution >= 0.6 is 0 Å². The van der Waals surface area contributed by atoms with Crippen molar-refractivity contribution in [3.63, 3.8) is 0 Å². The second-order valence-electron chi connectivity index (χ2n) is 6.15. The van der Waals surface area contributed by atoms with Crippen LogP contribution in [0.2, 0.25) is 0 Å². The molecule has 1 aliphatic heterocycles. The van der Waals surface area contributed by atoms with Gasteiger partial charge in [-0.05, 0) is 52.4 Å². The molecule has 1 saturated heterocycles. The zero-order valence-corrected chi connectivity index (χ0v) is 13.9. The van der Waals surface area contributed by atoms with E-state index < -0.39 is 6.98 Å². The van der Waals surface area contributed by atoms with Crippen molar-refractivity contribution in [1.29, 1.82) is 0 Å². The maximum Gasteiger partial charge on any atom is 0.353 e. The van der Waals surface area contributed by atoms with Gasteiger partial charge in [-0.1, -0.05) is 36.4 Å². The van der Waals surface area contributed by atoms with Gasteiger partial charge in [0, 0.05) is 15.5 Å². The van der Waals surface area contributed by atoms with Gasteiger partial charge in [0.2, 0.25) is 0 Å². The highest BCUT2D eigenvalue weighted by Gasteiger charge is 2.51. The lowest BCUT2D eigenvalue weighted by molar-refractivity contribution is 0.623. The average molecular weight is 309 g/mol. The topological polar surface area (TPSA) is 13.0 Å². The van der Waals surface area contributed by atoms with Gasteiger partial charge in [0.25, 0.3) is 0 Å². The Balaban J connectivity index is 2.07. The van der Waals surface area contributed by atoms with Crippen molar-refractivity contribution in [2.24, 2.45) is 0 Å². The second kappa shape index (κ2) is 6.69. The minimum Gasteiger partial charge on any atom is -0.388 e. The van der Waals surface area contributed by atoms with Gasteiger partial charge >= 0.3 is 13.7 Å². The van der Waals surface area contributed by atoms with Crippen molar-refractivity contribution in [2.45, 2.75) is 0 Å². The van der Waals surface area contributed by atoms with Crippen LogP contribution in [-0.2, 0) is 0 Å². The molecule has 0 atom stereocenters. The van der Waals surface area contributed by atoms with E-state index in [4.69, 9.17) is 4.11 Å². The normalized spacial score (nSPS) is 17.7. The number of benzene rings is 2. The molecule has 0 aliphatic carbocycles. The maximum atomic E-state index is 7.95. The van der Waals surface area contributed by atoms with Gasteiger partial charge < -0.3 is 19.2 Å². The third-order valence-corrected chi connectivity index (χ3v) is 4.31. The van der Waals surface area contributed by atoms with Crippen LogP contribution in [-0.4, -0.2) is 58.2 Å². The van der Waals surface area contributed by atoms with E-state index in [1.807, 2.05) is 62.6 Å². The highest BCUT2D eigenvalue weighted by atomic mass is 15.4. The molecular weight excluding hydrogens is 282 g/mol. The first kappa shape index (κ1) is 12.5. The van der Waals surface area contributed by atoms with Gasteiger partial charge in [0.05, 0.1) is 6.67 Å². The van der Waals surface area contributed by atoms with Crippen molar-refractivity contribution in [1.82, 2.24) is 9.62 Å². The van der Waals surface area contributed by atoms with Gasteiger partial charge in [-0.15, -0.1) is 0 Å². The van der Waals surface area contributed by atoms with Crippen molar-refractivity contribution in [2.75, 3.05) is 44.4 Å². The fraction of sp³-hybridized carbons (Fsp3) is 0.294. The first-order valence-corrected chi connectivity index (χ1v) is 7.83. The van der Waals surface area contributed by atoms with Crippen LogP contribution in [0.25, 0.3) is 0 Å². The van der Waals surface area contributed by atoms with Crippen molar-refractivity contribution < 1.29 is 4.11 Å². The summed E-state index contributed by atoms with van der Waals surface area (Å²) >= 11 is 0. The van der Waals surface area contributed by atoms with E-state index in [-0.39, 0.29) is 13.7 Å². The van der Waals surface area contributed by atoms with E-state index in [0.29, 0.717) is 6.67 Å². The summed E-state index contributed by atoms with van der Waals surface area (Å²) in [6.45, 7) is -2.00. The summed E-state index contributed by atoms with van der Waals surface area (Å²) in [5.41, 5.74) is 2.09. The summed E-state index contributed by atoms with van der Waals surface area (Å²) in [6.07, 6.45) is 0. The molecule has 0 bridgehead atoms. The predicted octanol–water partition coefficient (Wildman–Crippen LogP) is 2.15. The third kappa shape index (κ3) is 3.09. The largest absolute Gasteiger partial charge is 0.388 e. The van der Waals surface area contributed by atoms with Crippen LogP contribution in [0, 0.1) is 0 Å². The molecule has 0 amide bonds. The number of anilines is 2. The Labute approximate surface area is 144 Å². The highest BCUT2D eigenvalue weighted by Crippen LogP contribution is 2.28. The Morgan fingerprint density at radius 3 is 1.61 bits per heavy atom. The molecule has 0 saturated carbocycles. The van der Waals surface area contributed by atoms with Crippen molar-refractivity contribution in [3.05, 3.63) is 60.7 Å². The fourth-order valence-electron chi connectivity index (χ4n) is 3.32. The molecule has 3 rings (SSSR count). The molecule has 0 spiro atoms. The minimum atomic E-state index is -2.18. The molecule has 23 heavy (non-hydrogen) atoms. The number of hydrogen-bond acceptors (Lipinski definition) is 4. The lowest BCUT2D eigenvalue weighted by atomic mass is 9.32. The fourth-order valence-corrected chi connectivity index (χ4v) is 3.32. The van der Waals surface area contributed by atoms with E-state index in [1.165, 1.54) is 4.81 Å². The molecule has 1 heterocycles. The molecule has 1 fully saturated rings. The SMILES string of the molecule is [2H]C([2H])([2H])N(C)B1B(N(C)C)N(c2ccccc2)CN1c1ccccc1. The molecule has 6 heteroatoms. The number of rotatable bonds is 4. The predicted molar refractivity (Wildman–Crippen MR) is 102 cm³/mol. The number of nitrogens with zero attached hydrogens (tertiary/aromatic N) is 4. The van der Waals surface area contributed by atoms with E-state index in [2.05, 4.69) is 26.6 Å². The van der Waals surface area contributed by atoms with Crippen molar-refractivity contribution in [3.8, 4) is 0 Å². The van der Waals surface area contributed by atoms with Crippen LogP contribution < -0.4 is 9.62 Å². The summed E-state index contributed by atoms with van der Waals surface area (Å²) in [5, 5.41) is 0. The highest BCUT2D eigenvalue weighted by molar-refractivity contribution is 7.24. The molecule has 0 N–H and O–H groups in total. The quantitative estimate of drug-likeness (QED) is 0.802. The third-order valence-electron chi connectivity index (χ3n) is 4.31. The molecule has 1 aliphatic rings. The lowest BCUT2D eigenvalue weighted by Gasteiger charge is -2.31. The van der Waals surface area contributed by atoms with Crippen LogP contribution in [0.4, 0.5) is 11.4 Å². The molecular formula is C17H24B2N4. The van der Waals surface area contributed by atoms with Gasteiger partial charge in [-0.3, -0.25) is 0 Å². The van der Waals surface area contributed by atoms with Crippen LogP contribution in [0.15, 0.2) is 60.7 Å². The summed E-state index contributed by atoms with van der Waals surface area (Å²) in [5.74, 6) is 0. The number of para-hydroxylation sites is 2. The Morgan fingerprint density at radius 1 is 0.783 bits per heavy atom. The average Bonchev–Trinajstić information content (AvgIpc) is 3.02. The van der Waals surface area contributed by atoms with Crippen molar-refractivity contribution >= 4 is 25.1 Å². The monoisotopic (exact) mass is 309 g/mol. The first-order chi connectivity index (χ1) is 12.3. The molecule has 4 nitrogen and oxygen atoms in total. The summed E-state index contributed by atoms with van der Waals surface area (Å²) in [7, 11) is 5.67. The minimum absolute atomic E-state index is 0.108.